The summed E-state index contributed by atoms with van der Waals surface area (Å²) in [6.07, 6.45) is 2.25. The Bertz CT molecular complexity index is 953. The van der Waals surface area contributed by atoms with Crippen LogP contribution in [0.4, 0.5) is 14.7 Å². The Morgan fingerprint density at radius 3 is 2.57 bits per heavy atom. The van der Waals surface area contributed by atoms with Crippen molar-refractivity contribution >= 4 is 35.1 Å². The lowest BCUT2D eigenvalue weighted by Gasteiger charge is -2.37. The Balaban J connectivity index is 1.87. The molecule has 0 aliphatic carbocycles. The van der Waals surface area contributed by atoms with Gasteiger partial charge >= 0.3 is 0 Å². The van der Waals surface area contributed by atoms with Crippen molar-refractivity contribution in [3.63, 3.8) is 0 Å². The zero-order valence-electron chi connectivity index (χ0n) is 14.7. The molecule has 1 unspecified atom stereocenters. The molecule has 1 aromatic carbocycles. The molecule has 2 aromatic rings. The Labute approximate surface area is 169 Å². The molecule has 1 amide bonds. The van der Waals surface area contributed by atoms with E-state index in [-0.39, 0.29) is 40.6 Å². The normalized spacial score (nSPS) is 17.1. The van der Waals surface area contributed by atoms with Gasteiger partial charge in [-0.3, -0.25) is 4.79 Å². The molecule has 0 radical (unpaired) electrons. The number of aromatic nitrogens is 2. The summed E-state index contributed by atoms with van der Waals surface area (Å²) in [5.74, 6) is 4.15. The second-order valence-electron chi connectivity index (χ2n) is 6.25. The number of carbonyl (C=O) groups is 1. The Morgan fingerprint density at radius 2 is 1.93 bits per heavy atom. The second kappa shape index (κ2) is 7.86. The van der Waals surface area contributed by atoms with Crippen LogP contribution in [0.2, 0.25) is 10.0 Å². The van der Waals surface area contributed by atoms with Crippen LogP contribution in [-0.2, 0) is 0 Å². The first-order valence-electron chi connectivity index (χ1n) is 8.15. The lowest BCUT2D eigenvalue weighted by atomic mass is 10.0. The van der Waals surface area contributed by atoms with Gasteiger partial charge in [0.2, 0.25) is 5.95 Å². The van der Waals surface area contributed by atoms with E-state index in [4.69, 9.17) is 34.8 Å². The third kappa shape index (κ3) is 3.73. The van der Waals surface area contributed by atoms with Gasteiger partial charge in [0.1, 0.15) is 0 Å². The van der Waals surface area contributed by atoms with Gasteiger partial charge in [-0.15, -0.1) is 0 Å². The summed E-state index contributed by atoms with van der Waals surface area (Å²) < 4.78 is 27.0. The summed E-state index contributed by atoms with van der Waals surface area (Å²) in [5, 5.41) is 0.633. The molecular weight excluding hydrogens is 413 g/mol. The molecule has 0 saturated carbocycles. The third-order valence-electron chi connectivity index (χ3n) is 4.37. The first-order valence-corrected chi connectivity index (χ1v) is 8.90. The van der Waals surface area contributed by atoms with Crippen LogP contribution in [0, 0.1) is 11.6 Å². The van der Waals surface area contributed by atoms with Gasteiger partial charge in [-0.2, -0.15) is 0 Å². The lowest BCUT2D eigenvalue weighted by molar-refractivity contribution is 0.0695. The molecule has 148 valence electrons. The Hall–Kier alpha value is -2.49. The Kier molecular flexibility index (Phi) is 5.69. The van der Waals surface area contributed by atoms with E-state index in [1.807, 2.05) is 0 Å². The van der Waals surface area contributed by atoms with Crippen LogP contribution in [0.1, 0.15) is 23.7 Å². The average molecular weight is 429 g/mol. The molecule has 1 aliphatic heterocycles. The van der Waals surface area contributed by atoms with Crippen molar-refractivity contribution in [1.29, 1.82) is 0 Å². The van der Waals surface area contributed by atoms with Gasteiger partial charge in [0.15, 0.2) is 11.6 Å². The van der Waals surface area contributed by atoms with Gasteiger partial charge in [0, 0.05) is 18.2 Å². The van der Waals surface area contributed by atoms with E-state index in [1.165, 1.54) is 17.0 Å². The van der Waals surface area contributed by atoms with Crippen molar-refractivity contribution in [3.8, 4) is 0 Å². The van der Waals surface area contributed by atoms with Crippen LogP contribution >= 0.6 is 23.2 Å². The average Bonchev–Trinajstić information content (AvgIpc) is 2.67. The fourth-order valence-electron chi connectivity index (χ4n) is 2.87. The van der Waals surface area contributed by atoms with Crippen LogP contribution in [0.5, 0.6) is 0 Å². The fourth-order valence-corrected chi connectivity index (χ4v) is 3.32. The zero-order chi connectivity index (χ0) is 20.6. The van der Waals surface area contributed by atoms with Gasteiger partial charge in [-0.05, 0) is 19.1 Å². The molecular formula is C17H16Cl2F2N6O. The van der Waals surface area contributed by atoms with Crippen molar-refractivity contribution in [2.24, 2.45) is 11.6 Å². The van der Waals surface area contributed by atoms with Gasteiger partial charge in [0.25, 0.3) is 5.91 Å². The van der Waals surface area contributed by atoms with Crippen LogP contribution < -0.4 is 16.6 Å². The molecule has 3 rings (SSSR count). The molecule has 1 aromatic heterocycles. The van der Waals surface area contributed by atoms with Gasteiger partial charge < -0.3 is 10.6 Å². The maximum atomic E-state index is 13.9. The molecule has 7 nitrogen and oxygen atoms in total. The highest BCUT2D eigenvalue weighted by atomic mass is 35.5. The number of carbonyl (C=O) groups excluding carboxylic acids is 1. The number of amides is 1. The fraction of sp³-hybridized carbons (Fsp3) is 0.235. The number of hydrogen-bond acceptors (Lipinski definition) is 6. The second-order valence-corrected chi connectivity index (χ2v) is 7.04. The highest BCUT2D eigenvalue weighted by Crippen LogP contribution is 2.30. The molecule has 0 fully saturated rings. The van der Waals surface area contributed by atoms with Crippen LogP contribution in [0.25, 0.3) is 0 Å². The minimum Gasteiger partial charge on any atom is -0.399 e. The maximum absolute atomic E-state index is 13.9. The summed E-state index contributed by atoms with van der Waals surface area (Å²) in [7, 11) is 0. The predicted molar refractivity (Wildman–Crippen MR) is 101 cm³/mol. The minimum absolute atomic E-state index is 0.0156. The van der Waals surface area contributed by atoms with Gasteiger partial charge in [0.05, 0.1) is 40.2 Å². The van der Waals surface area contributed by atoms with Crippen molar-refractivity contribution in [2.75, 3.05) is 11.6 Å². The van der Waals surface area contributed by atoms with E-state index >= 15 is 0 Å². The molecule has 0 bridgehead atoms. The zero-order valence-corrected chi connectivity index (χ0v) is 16.2. The monoisotopic (exact) mass is 428 g/mol. The van der Waals surface area contributed by atoms with E-state index < -0.39 is 17.5 Å². The highest BCUT2D eigenvalue weighted by Gasteiger charge is 2.32. The van der Waals surface area contributed by atoms with Crippen LogP contribution in [0.15, 0.2) is 35.9 Å². The largest absolute Gasteiger partial charge is 0.399 e. The van der Waals surface area contributed by atoms with Crippen LogP contribution in [0.3, 0.4) is 0 Å². The Morgan fingerprint density at radius 1 is 1.29 bits per heavy atom. The molecule has 2 heterocycles. The van der Waals surface area contributed by atoms with E-state index in [0.29, 0.717) is 11.4 Å². The van der Waals surface area contributed by atoms with Gasteiger partial charge in [-0.1, -0.05) is 23.2 Å². The number of hydrazine groups is 1. The van der Waals surface area contributed by atoms with Gasteiger partial charge in [-0.25, -0.2) is 29.6 Å². The first kappa shape index (κ1) is 20.2. The number of benzene rings is 1. The predicted octanol–water partition coefficient (Wildman–Crippen LogP) is 2.85. The lowest BCUT2D eigenvalue weighted by Crippen LogP contribution is -2.48. The van der Waals surface area contributed by atoms with E-state index in [0.717, 1.165) is 17.4 Å². The summed E-state index contributed by atoms with van der Waals surface area (Å²) in [6.45, 7) is 1.81. The topological polar surface area (TPSA) is 101 Å². The van der Waals surface area contributed by atoms with E-state index in [2.05, 4.69) is 9.97 Å². The molecule has 11 heteroatoms. The first-order chi connectivity index (χ1) is 13.2. The number of nitrogens with zero attached hydrogens (tertiary/aromatic N) is 4. The van der Waals surface area contributed by atoms with Crippen LogP contribution in [-0.4, -0.2) is 33.4 Å². The molecule has 1 atom stereocenters. The van der Waals surface area contributed by atoms with Crippen molar-refractivity contribution < 1.29 is 13.6 Å². The van der Waals surface area contributed by atoms with Crippen molar-refractivity contribution in [3.05, 3.63) is 63.2 Å². The number of nitrogens with two attached hydrogens (primary N) is 2. The van der Waals surface area contributed by atoms with E-state index in [1.54, 1.807) is 6.92 Å². The molecule has 1 aliphatic rings. The minimum atomic E-state index is -0.857. The number of hydrogen-bond donors (Lipinski definition) is 2. The third-order valence-corrected chi connectivity index (χ3v) is 5.03. The SMILES string of the molecule is CC1CC(N(N)c2ncc(F)cn2)=C(N)CN1C(=O)c1ccc(Cl)c(F)c1Cl. The summed E-state index contributed by atoms with van der Waals surface area (Å²) in [6, 6.07) is 2.29. The number of halogens is 4. The smallest absolute Gasteiger partial charge is 0.256 e. The van der Waals surface area contributed by atoms with Crippen molar-refractivity contribution in [2.45, 2.75) is 19.4 Å². The summed E-state index contributed by atoms with van der Waals surface area (Å²) in [5.41, 5.74) is 6.89. The quantitative estimate of drug-likeness (QED) is 0.442. The molecule has 4 N–H and O–H groups in total. The standard InChI is InChI=1S/C17H16Cl2F2N6O/c1-8-4-13(27(23)17-24-5-9(20)6-25-17)12(22)7-26(8)16(28)10-2-3-11(18)15(21)14(10)19/h2-3,5-6,8H,4,7,22-23H2,1H3. The number of rotatable bonds is 3. The highest BCUT2D eigenvalue weighted by molar-refractivity contribution is 6.37. The molecule has 0 saturated heterocycles. The summed E-state index contributed by atoms with van der Waals surface area (Å²) >= 11 is 11.6. The number of anilines is 1. The van der Waals surface area contributed by atoms with E-state index in [9.17, 15) is 13.6 Å². The van der Waals surface area contributed by atoms with Crippen molar-refractivity contribution in [1.82, 2.24) is 14.9 Å². The molecule has 28 heavy (non-hydrogen) atoms. The molecule has 0 spiro atoms. The summed E-state index contributed by atoms with van der Waals surface area (Å²) in [4.78, 5) is 22.0. The maximum Gasteiger partial charge on any atom is 0.256 e.